The summed E-state index contributed by atoms with van der Waals surface area (Å²) in [6.45, 7) is 10.4. The monoisotopic (exact) mass is 1220 g/mol. The normalized spacial score (nSPS) is 19.7. The fourth-order valence-electron chi connectivity index (χ4n) is 10.7. The zero-order chi connectivity index (χ0) is 60.0. The van der Waals surface area contributed by atoms with Crippen molar-refractivity contribution in [1.29, 1.82) is 0 Å². The number of fused-ring (bicyclic) bond motifs is 4. The van der Waals surface area contributed by atoms with E-state index < -0.39 is 48.3 Å². The minimum absolute atomic E-state index is 0.0109. The van der Waals surface area contributed by atoms with Crippen LogP contribution in [0, 0.1) is 23.5 Å². The Labute approximate surface area is 488 Å². The number of H-pyrrole nitrogens is 2. The van der Waals surface area contributed by atoms with Gasteiger partial charge in [0.2, 0.25) is 30.0 Å². The standard InChI is InChI=1S/C27H25ClF4N8O3.C27H26ClF3N8O3/c1-3-20(41)39-6-8-40(9-7-39)24-14-4-5-33-25(43-23-15-11-34-37-18(15)10-17(29)21(23)28)22(14)35-26(36-24)42-19-13-38(2)12-16(19)27(30,31)32;1-3-20(40)38-6-8-39(9-7-38)25-14-4-5-32-26(42-23-15-11-33-36-18(15)10-17(29)21(23)28)22(14)34-27(35-25)41-19-13-37(2)12-16(19)24(30)31/h3-5,10-11,16,19H,1,6-9,12-13H2,2H3,(H,34,37);3-5,10-11,16,19,24H,1,6-9,12-13H2,2H3,(H,33,36)/t16-,19?;16-,19-/m11/s1. The number of hydrogen-bond donors (Lipinski definition) is 2. The molecule has 2 amide bonds. The maximum absolute atomic E-state index is 14.6. The van der Waals surface area contributed by atoms with E-state index in [4.69, 9.17) is 42.1 Å². The van der Waals surface area contributed by atoms with Crippen LogP contribution >= 0.6 is 23.2 Å². The van der Waals surface area contributed by atoms with Gasteiger partial charge in [-0.15, -0.1) is 0 Å². The highest BCUT2D eigenvalue weighted by Gasteiger charge is 2.51. The van der Waals surface area contributed by atoms with E-state index in [0.29, 0.717) is 96.6 Å². The third-order valence-corrected chi connectivity index (χ3v) is 15.7. The molecule has 4 aliphatic heterocycles. The number of aromatic amines is 2. The van der Waals surface area contributed by atoms with Gasteiger partial charge in [-0.05, 0) is 38.4 Å². The van der Waals surface area contributed by atoms with E-state index in [2.05, 4.69) is 63.5 Å². The van der Waals surface area contributed by atoms with Crippen molar-refractivity contribution in [3.63, 3.8) is 0 Å². The van der Waals surface area contributed by atoms with Gasteiger partial charge in [0, 0.05) is 103 Å². The highest BCUT2D eigenvalue weighted by molar-refractivity contribution is 6.34. The van der Waals surface area contributed by atoms with Crippen LogP contribution in [-0.2, 0) is 9.59 Å². The van der Waals surface area contributed by atoms with Crippen LogP contribution in [-0.4, -0.2) is 199 Å². The van der Waals surface area contributed by atoms with Crippen LogP contribution in [0.4, 0.5) is 42.4 Å². The first-order valence-electron chi connectivity index (χ1n) is 26.5. The first kappa shape index (κ1) is 58.4. The highest BCUT2D eigenvalue weighted by atomic mass is 35.5. The molecule has 4 saturated heterocycles. The Balaban J connectivity index is 0.000000177. The molecule has 31 heteroatoms. The number of piperazine rings is 2. The van der Waals surface area contributed by atoms with Gasteiger partial charge in [-0.2, -0.15) is 43.3 Å². The molecule has 22 nitrogen and oxygen atoms in total. The van der Waals surface area contributed by atoms with E-state index in [-0.39, 0.29) is 94.4 Å². The number of amides is 2. The minimum Gasteiger partial charge on any atom is -0.458 e. The quantitative estimate of drug-likeness (QED) is 0.0822. The van der Waals surface area contributed by atoms with Crippen molar-refractivity contribution in [1.82, 2.24) is 69.9 Å². The number of anilines is 2. The number of alkyl halides is 5. The third-order valence-electron chi connectivity index (χ3n) is 15.0. The minimum atomic E-state index is -4.50. The summed E-state index contributed by atoms with van der Waals surface area (Å²) in [6.07, 6.45) is -0.922. The Morgan fingerprint density at radius 2 is 1.08 bits per heavy atom. The largest absolute Gasteiger partial charge is 0.458 e. The average molecular weight is 1220 g/mol. The molecule has 0 saturated carbocycles. The Bertz CT molecular complexity index is 3860. The first-order chi connectivity index (χ1) is 40.8. The number of carbonyl (C=O) groups is 2. The van der Waals surface area contributed by atoms with Crippen LogP contribution in [0.2, 0.25) is 10.0 Å². The van der Waals surface area contributed by atoms with Crippen LogP contribution in [0.5, 0.6) is 35.3 Å². The maximum Gasteiger partial charge on any atom is 0.396 e. The van der Waals surface area contributed by atoms with E-state index >= 15 is 0 Å². The van der Waals surface area contributed by atoms with Crippen LogP contribution in [0.3, 0.4) is 0 Å². The number of rotatable bonds is 13. The van der Waals surface area contributed by atoms with Gasteiger partial charge in [-0.1, -0.05) is 36.4 Å². The smallest absolute Gasteiger partial charge is 0.396 e. The molecule has 0 radical (unpaired) electrons. The van der Waals surface area contributed by atoms with Gasteiger partial charge in [-0.3, -0.25) is 19.8 Å². The molecule has 85 heavy (non-hydrogen) atoms. The molecule has 4 atom stereocenters. The fourth-order valence-corrected chi connectivity index (χ4v) is 11.1. The highest BCUT2D eigenvalue weighted by Crippen LogP contribution is 2.43. The number of carbonyl (C=O) groups excluding carboxylic acids is 2. The van der Waals surface area contributed by atoms with Gasteiger partial charge in [0.1, 0.15) is 62.5 Å². The average Bonchev–Trinajstić information content (AvgIpc) is 2.04. The summed E-state index contributed by atoms with van der Waals surface area (Å²) in [5.74, 6) is -4.06. The summed E-state index contributed by atoms with van der Waals surface area (Å²) in [6, 6.07) is 5.25. The molecule has 0 spiro atoms. The first-order valence-corrected chi connectivity index (χ1v) is 27.2. The topological polar surface area (TPSA) is 225 Å². The molecule has 10 heterocycles. The Hall–Kier alpha value is -8.41. The number of likely N-dealkylation sites (tertiary alicyclic amines) is 2. The summed E-state index contributed by atoms with van der Waals surface area (Å²) in [7, 11) is 3.32. The number of pyridine rings is 2. The molecule has 12 rings (SSSR count). The predicted octanol–water partition coefficient (Wildman–Crippen LogP) is 8.09. The number of aromatic nitrogens is 10. The van der Waals surface area contributed by atoms with Gasteiger partial charge in [0.05, 0.1) is 50.9 Å². The van der Waals surface area contributed by atoms with Crippen molar-refractivity contribution in [3.8, 4) is 35.3 Å². The van der Waals surface area contributed by atoms with Gasteiger partial charge in [0.15, 0.2) is 11.5 Å². The Morgan fingerprint density at radius 1 is 0.647 bits per heavy atom. The number of benzene rings is 2. The van der Waals surface area contributed by atoms with Gasteiger partial charge >= 0.3 is 18.2 Å². The van der Waals surface area contributed by atoms with Crippen molar-refractivity contribution in [2.24, 2.45) is 11.8 Å². The van der Waals surface area contributed by atoms with Gasteiger partial charge in [-0.25, -0.2) is 27.5 Å². The van der Waals surface area contributed by atoms with E-state index in [1.165, 1.54) is 54.0 Å². The van der Waals surface area contributed by atoms with Gasteiger partial charge in [0.25, 0.3) is 0 Å². The Morgan fingerprint density at radius 3 is 1.52 bits per heavy atom. The zero-order valence-corrected chi connectivity index (χ0v) is 46.7. The van der Waals surface area contributed by atoms with Crippen LogP contribution < -0.4 is 28.7 Å². The van der Waals surface area contributed by atoms with E-state index in [1.54, 1.807) is 40.9 Å². The van der Waals surface area contributed by atoms with Crippen molar-refractivity contribution in [2.75, 3.05) is 102 Å². The van der Waals surface area contributed by atoms with Crippen molar-refractivity contribution < 1.29 is 59.3 Å². The summed E-state index contributed by atoms with van der Waals surface area (Å²) < 4.78 is 122. The second kappa shape index (κ2) is 23.9. The van der Waals surface area contributed by atoms with E-state index in [9.17, 15) is 40.3 Å². The molecule has 8 aromatic rings. The molecule has 2 N–H and O–H groups in total. The van der Waals surface area contributed by atoms with Crippen molar-refractivity contribution in [2.45, 2.75) is 24.8 Å². The molecule has 4 aliphatic rings. The molecule has 4 fully saturated rings. The zero-order valence-electron chi connectivity index (χ0n) is 45.2. The molecule has 446 valence electrons. The SMILES string of the molecule is C=CC(=O)N1CCN(c2nc(OC3CN(C)C[C@H]3C(F)(F)F)nc3c(Oc4c(Cl)c(F)cc5[nH]ncc45)nccc23)CC1.C=CC(=O)N1CCN(c2nc(O[C@@H]3CN(C)C[C@H]3C(F)F)nc3c(Oc4c(Cl)c(F)cc5[nH]ncc45)nccc23)CC1. The van der Waals surface area contributed by atoms with E-state index in [0.717, 1.165) is 0 Å². The maximum atomic E-state index is 14.6. The van der Waals surface area contributed by atoms with Crippen LogP contribution in [0.25, 0.3) is 43.6 Å². The molecule has 1 unspecified atom stereocenters. The lowest BCUT2D eigenvalue weighted by Crippen LogP contribution is -2.48. The molecular weight excluding hydrogens is 1170 g/mol. The molecular formula is C54H51Cl2F7N16O6. The lowest BCUT2D eigenvalue weighted by Gasteiger charge is -2.35. The Kier molecular flexibility index (Phi) is 16.4. The van der Waals surface area contributed by atoms with Crippen LogP contribution in [0.15, 0.2) is 74.4 Å². The second-order valence-corrected chi connectivity index (χ2v) is 21.2. The number of halogens is 9. The number of likely N-dealkylation sites (N-methyl/N-ethyl adjacent to an activating group) is 2. The lowest BCUT2D eigenvalue weighted by atomic mass is 10.1. The second-order valence-electron chi connectivity index (χ2n) is 20.5. The fraction of sp³-hybridized carbons (Fsp3) is 0.370. The number of hydrogen-bond acceptors (Lipinski definition) is 18. The number of nitrogens with one attached hydrogen (secondary N) is 2. The van der Waals surface area contributed by atoms with Gasteiger partial charge < -0.3 is 48.3 Å². The van der Waals surface area contributed by atoms with Crippen LogP contribution in [0.1, 0.15) is 0 Å². The third kappa shape index (κ3) is 11.9. The molecule has 0 aliphatic carbocycles. The number of nitrogens with zero attached hydrogens (tertiary/aromatic N) is 14. The summed E-state index contributed by atoms with van der Waals surface area (Å²) >= 11 is 12.6. The van der Waals surface area contributed by atoms with E-state index in [1.807, 2.05) is 9.80 Å². The predicted molar refractivity (Wildman–Crippen MR) is 298 cm³/mol. The number of ether oxygens (including phenoxy) is 4. The molecule has 6 aromatic heterocycles. The summed E-state index contributed by atoms with van der Waals surface area (Å²) in [4.78, 5) is 61.4. The van der Waals surface area contributed by atoms with Crippen molar-refractivity contribution in [3.05, 3.63) is 96.0 Å². The van der Waals surface area contributed by atoms with Crippen molar-refractivity contribution >= 4 is 90.3 Å². The summed E-state index contributed by atoms with van der Waals surface area (Å²) in [5.41, 5.74) is 1.01. The lowest BCUT2D eigenvalue weighted by molar-refractivity contribution is -0.186. The molecule has 0 bridgehead atoms. The summed E-state index contributed by atoms with van der Waals surface area (Å²) in [5, 5.41) is 14.4. The molecule has 2 aromatic carbocycles.